The van der Waals surface area contributed by atoms with Crippen LogP contribution in [0.25, 0.3) is 26.7 Å². The fraction of sp³-hybridized carbons (Fsp3) is 0. The van der Waals surface area contributed by atoms with Gasteiger partial charge in [0, 0.05) is 45.5 Å². The highest BCUT2D eigenvalue weighted by Crippen LogP contribution is 2.44. The summed E-state index contributed by atoms with van der Waals surface area (Å²) >= 11 is 0. The third-order valence-electron chi connectivity index (χ3n) is 7.48. The van der Waals surface area contributed by atoms with Gasteiger partial charge in [-0.3, -0.25) is 24.2 Å². The number of carbonyl (C=O) groups is 4. The summed E-state index contributed by atoms with van der Waals surface area (Å²) in [5.74, 6) is -2.45. The third-order valence-corrected chi connectivity index (χ3v) is 7.48. The Morgan fingerprint density at radius 3 is 1.79 bits per heavy atom. The first-order chi connectivity index (χ1) is 20.4. The molecule has 42 heavy (non-hydrogen) atoms. The Hall–Kier alpha value is -6.45. The molecular formula is C33H15N5O4. The number of carbonyl (C=O) groups excluding carboxylic acids is 4. The van der Waals surface area contributed by atoms with E-state index in [0.29, 0.717) is 22.4 Å². The van der Waals surface area contributed by atoms with Gasteiger partial charge in [0.05, 0.1) is 29.5 Å². The van der Waals surface area contributed by atoms with Crippen molar-refractivity contribution >= 4 is 51.5 Å². The van der Waals surface area contributed by atoms with Gasteiger partial charge in [-0.1, -0.05) is 12.1 Å². The predicted molar refractivity (Wildman–Crippen MR) is 153 cm³/mol. The largest absolute Gasteiger partial charge is 0.268 e. The Bertz CT molecular complexity index is 2120. The summed E-state index contributed by atoms with van der Waals surface area (Å²) in [4.78, 5) is 65.4. The summed E-state index contributed by atoms with van der Waals surface area (Å²) in [5.41, 5.74) is 2.99. The molecule has 0 saturated carbocycles. The topological polar surface area (TPSA) is 116 Å². The molecular weight excluding hydrogens is 530 g/mol. The highest BCUT2D eigenvalue weighted by atomic mass is 16.2. The first-order valence-corrected chi connectivity index (χ1v) is 12.7. The number of pyridine rings is 1. The number of hydrogen-bond acceptors (Lipinski definition) is 6. The number of anilines is 2. The number of rotatable bonds is 3. The summed E-state index contributed by atoms with van der Waals surface area (Å²) in [5, 5.41) is 9.66. The summed E-state index contributed by atoms with van der Waals surface area (Å²) in [6.45, 7) is 7.22. The van der Waals surface area contributed by atoms with Crippen LogP contribution in [0.1, 0.15) is 47.0 Å². The quantitative estimate of drug-likeness (QED) is 0.205. The van der Waals surface area contributed by atoms with E-state index in [-0.39, 0.29) is 44.4 Å². The molecule has 0 unspecified atom stereocenters. The molecule has 2 aliphatic rings. The van der Waals surface area contributed by atoms with Crippen LogP contribution < -0.4 is 9.80 Å². The van der Waals surface area contributed by atoms with Crippen LogP contribution in [-0.4, -0.2) is 28.6 Å². The van der Waals surface area contributed by atoms with Gasteiger partial charge < -0.3 is 0 Å². The number of nitrogens with zero attached hydrogens (tertiary/aromatic N) is 5. The molecule has 3 heterocycles. The van der Waals surface area contributed by atoms with E-state index >= 15 is 0 Å². The highest BCUT2D eigenvalue weighted by molar-refractivity contribution is 6.43. The van der Waals surface area contributed by atoms with Crippen LogP contribution in [0.4, 0.5) is 17.1 Å². The first-order valence-electron chi connectivity index (χ1n) is 12.7. The van der Waals surface area contributed by atoms with E-state index in [9.17, 15) is 24.4 Å². The molecule has 0 saturated heterocycles. The zero-order chi connectivity index (χ0) is 29.1. The minimum Gasteiger partial charge on any atom is -0.268 e. The molecule has 196 valence electrons. The fourth-order valence-electron chi connectivity index (χ4n) is 5.56. The minimum absolute atomic E-state index is 0.164. The van der Waals surface area contributed by atoms with Crippen molar-refractivity contribution in [2.24, 2.45) is 0 Å². The lowest BCUT2D eigenvalue weighted by atomic mass is 9.81. The molecule has 0 radical (unpaired) electrons. The Morgan fingerprint density at radius 1 is 0.643 bits per heavy atom. The second-order valence-corrected chi connectivity index (χ2v) is 9.67. The maximum absolute atomic E-state index is 14.2. The summed E-state index contributed by atoms with van der Waals surface area (Å²) < 4.78 is 0. The number of benzene rings is 4. The molecule has 0 atom stereocenters. The lowest BCUT2D eigenvalue weighted by Crippen LogP contribution is -2.43. The number of amides is 4. The van der Waals surface area contributed by atoms with Gasteiger partial charge in [-0.15, -0.1) is 0 Å². The van der Waals surface area contributed by atoms with E-state index in [0.717, 1.165) is 9.80 Å². The lowest BCUT2D eigenvalue weighted by molar-refractivity contribution is 0.0873. The normalized spacial score (nSPS) is 13.8. The van der Waals surface area contributed by atoms with E-state index in [2.05, 4.69) is 9.83 Å². The van der Waals surface area contributed by atoms with Crippen LogP contribution in [0.5, 0.6) is 0 Å². The minimum atomic E-state index is -0.618. The fourth-order valence-corrected chi connectivity index (χ4v) is 5.56. The molecule has 0 spiro atoms. The van der Waals surface area contributed by atoms with Crippen LogP contribution in [0, 0.1) is 17.9 Å². The predicted octanol–water partition coefficient (Wildman–Crippen LogP) is 5.93. The van der Waals surface area contributed by atoms with E-state index in [4.69, 9.17) is 6.57 Å². The average molecular weight is 546 g/mol. The van der Waals surface area contributed by atoms with Crippen LogP contribution in [-0.2, 0) is 0 Å². The average Bonchev–Trinajstić information content (AvgIpc) is 3.03. The van der Waals surface area contributed by atoms with Gasteiger partial charge >= 0.3 is 0 Å². The van der Waals surface area contributed by atoms with E-state index < -0.39 is 23.6 Å². The van der Waals surface area contributed by atoms with Crippen molar-refractivity contribution in [1.82, 2.24) is 4.98 Å². The zero-order valence-electron chi connectivity index (χ0n) is 21.5. The van der Waals surface area contributed by atoms with E-state index in [1.807, 2.05) is 6.07 Å². The van der Waals surface area contributed by atoms with E-state index in [1.165, 1.54) is 60.7 Å². The van der Waals surface area contributed by atoms with Crippen molar-refractivity contribution in [2.45, 2.75) is 0 Å². The number of imide groups is 2. The van der Waals surface area contributed by atoms with Crippen LogP contribution >= 0.6 is 0 Å². The molecule has 4 aromatic carbocycles. The van der Waals surface area contributed by atoms with Crippen molar-refractivity contribution in [1.29, 1.82) is 5.26 Å². The number of hydrogen-bond donors (Lipinski definition) is 0. The van der Waals surface area contributed by atoms with Crippen LogP contribution in [0.15, 0.2) is 91.3 Å². The standard InChI is InChI=1S/C33H15N5O4/c1-35-20-4-8-22(9-5-20)38-31(40)24-11-10-23-27-26(32(41)37(30(23)39)21-6-2-18(17-34)3-7-21)16-25(19-12-14-36-15-13-19)29(28(24)27)33(38)42/h2-16H. The second-order valence-electron chi connectivity index (χ2n) is 9.67. The Balaban J connectivity index is 1.51. The maximum Gasteiger partial charge on any atom is 0.266 e. The molecule has 0 N–H and O–H groups in total. The Morgan fingerprint density at radius 2 is 1.19 bits per heavy atom. The number of nitriles is 1. The van der Waals surface area contributed by atoms with Crippen LogP contribution in [0.2, 0.25) is 0 Å². The van der Waals surface area contributed by atoms with Crippen molar-refractivity contribution < 1.29 is 19.2 Å². The first kappa shape index (κ1) is 24.6. The van der Waals surface area contributed by atoms with Crippen LogP contribution in [0.3, 0.4) is 0 Å². The van der Waals surface area contributed by atoms with Gasteiger partial charge in [0.15, 0.2) is 5.69 Å². The van der Waals surface area contributed by atoms with Crippen molar-refractivity contribution in [3.63, 3.8) is 0 Å². The Labute approximate surface area is 238 Å². The smallest absolute Gasteiger partial charge is 0.266 e. The van der Waals surface area contributed by atoms with E-state index in [1.54, 1.807) is 30.6 Å². The molecule has 4 amide bonds. The lowest BCUT2D eigenvalue weighted by Gasteiger charge is -2.33. The molecule has 9 heteroatoms. The SMILES string of the molecule is [C-]#[N+]c1ccc(N2C(=O)c3ccc4c5c(cc(-c6ccncc6)c(c35)C2=O)C(=O)N(c2ccc(C#N)cc2)C4=O)cc1. The van der Waals surface area contributed by atoms with Crippen molar-refractivity contribution in [2.75, 3.05) is 9.80 Å². The van der Waals surface area contributed by atoms with Gasteiger partial charge in [0.2, 0.25) is 0 Å². The maximum atomic E-state index is 14.2. The molecule has 5 aromatic rings. The van der Waals surface area contributed by atoms with Crippen molar-refractivity contribution in [3.8, 4) is 17.2 Å². The van der Waals surface area contributed by atoms with Gasteiger partial charge in [-0.2, -0.15) is 5.26 Å². The Kier molecular flexibility index (Phi) is 5.30. The van der Waals surface area contributed by atoms with Gasteiger partial charge in [0.25, 0.3) is 23.6 Å². The zero-order valence-corrected chi connectivity index (χ0v) is 21.5. The third kappa shape index (κ3) is 3.38. The van der Waals surface area contributed by atoms with Gasteiger partial charge in [-0.25, -0.2) is 14.6 Å². The second kappa shape index (κ2) is 9.05. The molecule has 7 rings (SSSR count). The highest BCUT2D eigenvalue weighted by Gasteiger charge is 2.42. The molecule has 0 bridgehead atoms. The van der Waals surface area contributed by atoms with Crippen molar-refractivity contribution in [3.05, 3.63) is 130 Å². The molecule has 0 aliphatic carbocycles. The molecule has 0 fully saturated rings. The summed E-state index contributed by atoms with van der Waals surface area (Å²) in [7, 11) is 0. The summed E-state index contributed by atoms with van der Waals surface area (Å²) in [6, 6.07) is 22.2. The summed E-state index contributed by atoms with van der Waals surface area (Å²) in [6.07, 6.45) is 3.12. The number of aromatic nitrogens is 1. The molecule has 9 nitrogen and oxygen atoms in total. The molecule has 1 aromatic heterocycles. The van der Waals surface area contributed by atoms with Gasteiger partial charge in [0.1, 0.15) is 0 Å². The molecule has 2 aliphatic heterocycles. The van der Waals surface area contributed by atoms with Gasteiger partial charge in [-0.05, 0) is 77.9 Å². The monoisotopic (exact) mass is 545 g/mol.